The summed E-state index contributed by atoms with van der Waals surface area (Å²) in [5.41, 5.74) is 4.19. The molecule has 2 N–H and O–H groups in total. The summed E-state index contributed by atoms with van der Waals surface area (Å²) in [4.78, 5) is 10.8. The first kappa shape index (κ1) is 12.2. The lowest BCUT2D eigenvalue weighted by Gasteiger charge is -2.28. The zero-order chi connectivity index (χ0) is 12.3. The number of carboxylic acid groups (broad SMARTS) is 1. The molecule has 1 aliphatic heterocycles. The van der Waals surface area contributed by atoms with Gasteiger partial charge in [-0.15, -0.1) is 0 Å². The summed E-state index contributed by atoms with van der Waals surface area (Å²) in [6.45, 7) is 1.99. The lowest BCUT2D eigenvalue weighted by Crippen LogP contribution is -2.34. The van der Waals surface area contributed by atoms with Crippen LogP contribution in [0.25, 0.3) is 0 Å². The highest BCUT2D eigenvalue weighted by Gasteiger charge is 2.12. The van der Waals surface area contributed by atoms with Crippen molar-refractivity contribution in [2.75, 3.05) is 18.5 Å². The van der Waals surface area contributed by atoms with Gasteiger partial charge in [-0.05, 0) is 31.0 Å². The third kappa shape index (κ3) is 3.11. The maximum atomic E-state index is 10.8. The van der Waals surface area contributed by atoms with Crippen molar-refractivity contribution in [1.29, 1.82) is 0 Å². The van der Waals surface area contributed by atoms with Crippen molar-refractivity contribution in [3.63, 3.8) is 0 Å². The number of hydrazine groups is 1. The van der Waals surface area contributed by atoms with Crippen molar-refractivity contribution < 1.29 is 9.90 Å². The molecule has 1 aromatic rings. The van der Waals surface area contributed by atoms with E-state index in [0.717, 1.165) is 18.8 Å². The maximum Gasteiger partial charge on any atom is 0.335 e. The van der Waals surface area contributed by atoms with Gasteiger partial charge in [0, 0.05) is 13.1 Å². The molecule has 0 bridgehead atoms. The number of carbonyl (C=O) groups is 1. The molecule has 17 heavy (non-hydrogen) atoms. The van der Waals surface area contributed by atoms with Crippen LogP contribution in [0.15, 0.2) is 18.2 Å². The minimum Gasteiger partial charge on any atom is -0.478 e. The molecule has 2 rings (SSSR count). The smallest absolute Gasteiger partial charge is 0.335 e. The predicted octanol–water partition coefficient (Wildman–Crippen LogP) is 2.85. The van der Waals surface area contributed by atoms with E-state index < -0.39 is 5.97 Å². The van der Waals surface area contributed by atoms with E-state index in [1.807, 2.05) is 0 Å². The summed E-state index contributed by atoms with van der Waals surface area (Å²) in [7, 11) is 0. The lowest BCUT2D eigenvalue weighted by molar-refractivity contribution is 0.0697. The van der Waals surface area contributed by atoms with Crippen LogP contribution in [0.2, 0.25) is 5.02 Å². The molecule has 0 amide bonds. The first-order valence-electron chi connectivity index (χ1n) is 5.71. The number of piperidine rings is 1. The second kappa shape index (κ2) is 5.38. The van der Waals surface area contributed by atoms with Crippen LogP contribution >= 0.6 is 11.6 Å². The lowest BCUT2D eigenvalue weighted by atomic mass is 10.1. The van der Waals surface area contributed by atoms with Gasteiger partial charge in [-0.1, -0.05) is 18.0 Å². The van der Waals surface area contributed by atoms with Crippen LogP contribution in [0.1, 0.15) is 29.6 Å². The number of hydrogen-bond donors (Lipinski definition) is 2. The number of nitrogens with zero attached hydrogens (tertiary/aromatic N) is 1. The maximum absolute atomic E-state index is 10.8. The molecule has 1 saturated heterocycles. The predicted molar refractivity (Wildman–Crippen MR) is 67.5 cm³/mol. The van der Waals surface area contributed by atoms with E-state index in [4.69, 9.17) is 16.7 Å². The van der Waals surface area contributed by atoms with Crippen molar-refractivity contribution >= 4 is 23.3 Å². The number of nitrogens with one attached hydrogen (secondary N) is 1. The summed E-state index contributed by atoms with van der Waals surface area (Å²) in [5.74, 6) is -0.962. The van der Waals surface area contributed by atoms with Crippen LogP contribution < -0.4 is 5.43 Å². The Morgan fingerprint density at radius 2 is 2.00 bits per heavy atom. The SMILES string of the molecule is O=C(O)c1ccc(NN2CCCCC2)c(Cl)c1. The Kier molecular flexibility index (Phi) is 3.86. The number of halogens is 1. The molecule has 0 aliphatic carbocycles. The van der Waals surface area contributed by atoms with Crippen molar-refractivity contribution in [2.45, 2.75) is 19.3 Å². The molecule has 0 radical (unpaired) electrons. The fourth-order valence-corrected chi connectivity index (χ4v) is 2.14. The Morgan fingerprint density at radius 1 is 1.29 bits per heavy atom. The Hall–Kier alpha value is -1.26. The second-order valence-corrected chi connectivity index (χ2v) is 4.57. The summed E-state index contributed by atoms with van der Waals surface area (Å²) in [5, 5.41) is 11.4. The third-order valence-electron chi connectivity index (χ3n) is 2.85. The highest BCUT2D eigenvalue weighted by molar-refractivity contribution is 6.33. The Labute approximate surface area is 105 Å². The fraction of sp³-hybridized carbons (Fsp3) is 0.417. The van der Waals surface area contributed by atoms with E-state index in [1.165, 1.54) is 25.3 Å². The summed E-state index contributed by atoms with van der Waals surface area (Å²) in [6, 6.07) is 4.73. The van der Waals surface area contributed by atoms with Crippen LogP contribution in [0.5, 0.6) is 0 Å². The Balaban J connectivity index is 2.08. The zero-order valence-corrected chi connectivity index (χ0v) is 10.2. The summed E-state index contributed by atoms with van der Waals surface area (Å²) in [6.07, 6.45) is 3.62. The fourth-order valence-electron chi connectivity index (χ4n) is 1.91. The Morgan fingerprint density at radius 3 is 2.59 bits per heavy atom. The van der Waals surface area contributed by atoms with Gasteiger partial charge in [0.15, 0.2) is 0 Å². The van der Waals surface area contributed by atoms with Gasteiger partial charge in [0.1, 0.15) is 0 Å². The average molecular weight is 255 g/mol. The highest BCUT2D eigenvalue weighted by atomic mass is 35.5. The summed E-state index contributed by atoms with van der Waals surface area (Å²) < 4.78 is 0. The first-order chi connectivity index (χ1) is 8.16. The third-order valence-corrected chi connectivity index (χ3v) is 3.16. The number of hydrogen-bond acceptors (Lipinski definition) is 3. The minimum atomic E-state index is -0.962. The number of anilines is 1. The van der Waals surface area contributed by atoms with Crippen LogP contribution in [0.4, 0.5) is 5.69 Å². The van der Waals surface area contributed by atoms with Gasteiger partial charge < -0.3 is 10.5 Å². The van der Waals surface area contributed by atoms with Gasteiger partial charge in [0.2, 0.25) is 0 Å². The molecule has 1 aromatic carbocycles. The van der Waals surface area contributed by atoms with Crippen molar-refractivity contribution in [3.8, 4) is 0 Å². The molecule has 4 nitrogen and oxygen atoms in total. The standard InChI is InChI=1S/C12H15ClN2O2/c13-10-8-9(12(16)17)4-5-11(10)14-15-6-2-1-3-7-15/h4-5,8,14H,1-3,6-7H2,(H,16,17). The average Bonchev–Trinajstić information content (AvgIpc) is 2.33. The van der Waals surface area contributed by atoms with Gasteiger partial charge in [-0.2, -0.15) is 0 Å². The van der Waals surface area contributed by atoms with Crippen molar-refractivity contribution in [2.24, 2.45) is 0 Å². The molecule has 1 fully saturated rings. The molecule has 1 heterocycles. The molecule has 0 atom stereocenters. The molecular weight excluding hydrogens is 240 g/mol. The zero-order valence-electron chi connectivity index (χ0n) is 9.45. The quantitative estimate of drug-likeness (QED) is 0.871. The topological polar surface area (TPSA) is 52.6 Å². The van der Waals surface area contributed by atoms with E-state index in [1.54, 1.807) is 12.1 Å². The summed E-state index contributed by atoms with van der Waals surface area (Å²) >= 11 is 6.04. The number of aromatic carboxylic acids is 1. The van der Waals surface area contributed by atoms with Crippen molar-refractivity contribution in [1.82, 2.24) is 5.01 Å². The van der Waals surface area contributed by atoms with Gasteiger partial charge in [0.25, 0.3) is 0 Å². The van der Waals surface area contributed by atoms with Gasteiger partial charge in [-0.25, -0.2) is 9.80 Å². The molecular formula is C12H15ClN2O2. The molecule has 0 saturated carbocycles. The highest BCUT2D eigenvalue weighted by Crippen LogP contribution is 2.24. The van der Waals surface area contributed by atoms with Crippen LogP contribution in [-0.4, -0.2) is 29.2 Å². The molecule has 1 aliphatic rings. The minimum absolute atomic E-state index is 0.208. The van der Waals surface area contributed by atoms with E-state index >= 15 is 0 Å². The first-order valence-corrected chi connectivity index (χ1v) is 6.09. The largest absolute Gasteiger partial charge is 0.478 e. The van der Waals surface area contributed by atoms with E-state index in [0.29, 0.717) is 5.02 Å². The van der Waals surface area contributed by atoms with Crippen LogP contribution in [0, 0.1) is 0 Å². The van der Waals surface area contributed by atoms with E-state index in [-0.39, 0.29) is 5.56 Å². The van der Waals surface area contributed by atoms with Crippen molar-refractivity contribution in [3.05, 3.63) is 28.8 Å². The van der Waals surface area contributed by atoms with Gasteiger partial charge in [0.05, 0.1) is 16.3 Å². The van der Waals surface area contributed by atoms with Gasteiger partial charge >= 0.3 is 5.97 Å². The molecule has 5 heteroatoms. The Bertz CT molecular complexity index is 417. The van der Waals surface area contributed by atoms with E-state index in [9.17, 15) is 4.79 Å². The normalized spacial score (nSPS) is 16.8. The van der Waals surface area contributed by atoms with Gasteiger partial charge in [-0.3, -0.25) is 0 Å². The monoisotopic (exact) mass is 254 g/mol. The van der Waals surface area contributed by atoms with Crippen LogP contribution in [-0.2, 0) is 0 Å². The molecule has 0 aromatic heterocycles. The number of carboxylic acids is 1. The van der Waals surface area contributed by atoms with Crippen LogP contribution in [0.3, 0.4) is 0 Å². The second-order valence-electron chi connectivity index (χ2n) is 4.16. The molecule has 92 valence electrons. The molecule has 0 spiro atoms. The number of rotatable bonds is 3. The number of benzene rings is 1. The van der Waals surface area contributed by atoms with E-state index in [2.05, 4.69) is 10.4 Å². The molecule has 0 unspecified atom stereocenters.